The van der Waals surface area contributed by atoms with Crippen molar-refractivity contribution in [2.75, 3.05) is 20.2 Å². The van der Waals surface area contributed by atoms with E-state index in [9.17, 15) is 14.9 Å². The van der Waals surface area contributed by atoms with Crippen LogP contribution in [0.1, 0.15) is 26.3 Å². The molecule has 3 rings (SSSR count). The third kappa shape index (κ3) is 5.00. The van der Waals surface area contributed by atoms with Gasteiger partial charge in [0.25, 0.3) is 11.8 Å². The highest BCUT2D eigenvalue weighted by atomic mass is 16.5. The maximum atomic E-state index is 12.4. The van der Waals surface area contributed by atoms with Crippen molar-refractivity contribution in [1.29, 1.82) is 5.26 Å². The minimum atomic E-state index is -0.273. The largest absolute Gasteiger partial charge is 0.497 e. The minimum absolute atomic E-state index is 0.229. The van der Waals surface area contributed by atoms with Gasteiger partial charge in [-0.2, -0.15) is 5.26 Å². The van der Waals surface area contributed by atoms with Crippen LogP contribution >= 0.6 is 0 Å². The number of aromatic nitrogens is 1. The molecule has 0 unspecified atom stereocenters. The van der Waals surface area contributed by atoms with E-state index in [0.717, 1.165) is 0 Å². The van der Waals surface area contributed by atoms with Gasteiger partial charge in [-0.1, -0.05) is 12.1 Å². The number of hydrogen-bond acceptors (Lipinski definition) is 5. The Kier molecular flexibility index (Phi) is 6.74. The molecule has 0 bridgehead atoms. The number of carbonyl (C=O) groups is 2. The van der Waals surface area contributed by atoms with Crippen molar-refractivity contribution in [3.8, 4) is 23.1 Å². The van der Waals surface area contributed by atoms with Crippen LogP contribution < -0.4 is 15.4 Å². The van der Waals surface area contributed by atoms with Gasteiger partial charge in [0.1, 0.15) is 11.8 Å². The lowest BCUT2D eigenvalue weighted by molar-refractivity contribution is 0.0927. The first-order valence-corrected chi connectivity index (χ1v) is 9.28. The number of nitrogens with zero attached hydrogens (tertiary/aromatic N) is 2. The van der Waals surface area contributed by atoms with Gasteiger partial charge in [-0.05, 0) is 48.5 Å². The normalized spacial score (nSPS) is 10.0. The Balaban J connectivity index is 1.55. The lowest BCUT2D eigenvalue weighted by atomic mass is 10.0. The molecule has 0 aliphatic heterocycles. The van der Waals surface area contributed by atoms with Gasteiger partial charge >= 0.3 is 0 Å². The maximum Gasteiger partial charge on any atom is 0.251 e. The first-order valence-electron chi connectivity index (χ1n) is 9.28. The van der Waals surface area contributed by atoms with Gasteiger partial charge < -0.3 is 15.4 Å². The van der Waals surface area contributed by atoms with Crippen molar-refractivity contribution < 1.29 is 14.3 Å². The average molecular weight is 400 g/mol. The van der Waals surface area contributed by atoms with Crippen LogP contribution in [0, 0.1) is 11.3 Å². The van der Waals surface area contributed by atoms with Gasteiger partial charge in [0, 0.05) is 36.0 Å². The van der Waals surface area contributed by atoms with Crippen molar-refractivity contribution in [2.45, 2.75) is 0 Å². The second-order valence-electron chi connectivity index (χ2n) is 6.33. The molecule has 0 spiro atoms. The molecule has 7 nitrogen and oxygen atoms in total. The molecule has 2 aromatic carbocycles. The number of rotatable bonds is 7. The van der Waals surface area contributed by atoms with E-state index in [1.165, 1.54) is 0 Å². The minimum Gasteiger partial charge on any atom is -0.497 e. The predicted molar refractivity (Wildman–Crippen MR) is 112 cm³/mol. The predicted octanol–water partition coefficient (Wildman–Crippen LogP) is 2.79. The molecule has 30 heavy (non-hydrogen) atoms. The zero-order valence-electron chi connectivity index (χ0n) is 16.4. The van der Waals surface area contributed by atoms with Crippen LogP contribution in [0.15, 0.2) is 66.9 Å². The molecular weight excluding hydrogens is 380 g/mol. The Bertz CT molecular complexity index is 1090. The number of benzene rings is 2. The zero-order valence-corrected chi connectivity index (χ0v) is 16.4. The van der Waals surface area contributed by atoms with Gasteiger partial charge in [0.05, 0.1) is 18.4 Å². The maximum absolute atomic E-state index is 12.4. The summed E-state index contributed by atoms with van der Waals surface area (Å²) >= 11 is 0. The average Bonchev–Trinajstić information content (AvgIpc) is 2.81. The molecule has 0 saturated heterocycles. The number of hydrogen-bond donors (Lipinski definition) is 2. The Labute approximate surface area is 174 Å². The number of nitrogens with one attached hydrogen (secondary N) is 2. The summed E-state index contributed by atoms with van der Waals surface area (Å²) in [5.74, 6) is 0.173. The fraction of sp³-hybridized carbons (Fsp3) is 0.130. The second kappa shape index (κ2) is 9.85. The summed E-state index contributed by atoms with van der Waals surface area (Å²) < 4.78 is 5.07. The van der Waals surface area contributed by atoms with Gasteiger partial charge in [-0.25, -0.2) is 0 Å². The Morgan fingerprint density at radius 3 is 2.33 bits per heavy atom. The van der Waals surface area contributed by atoms with E-state index in [0.29, 0.717) is 33.7 Å². The van der Waals surface area contributed by atoms with Crippen LogP contribution in [0.25, 0.3) is 11.3 Å². The highest BCUT2D eigenvalue weighted by molar-refractivity contribution is 5.96. The van der Waals surface area contributed by atoms with Crippen LogP contribution in [-0.4, -0.2) is 37.0 Å². The molecule has 2 N–H and O–H groups in total. The molecule has 1 aromatic heterocycles. The van der Waals surface area contributed by atoms with Crippen LogP contribution in [-0.2, 0) is 0 Å². The topological polar surface area (TPSA) is 104 Å². The standard InChI is InChI=1S/C23H20N4O3/c1-30-20-9-7-16(8-10-20)22(28)26-12-13-27-23(29)18-5-2-4-17(14-18)21-19(15-24)6-3-11-25-21/h2-11,14H,12-13H2,1H3,(H,26,28)(H,27,29). The summed E-state index contributed by atoms with van der Waals surface area (Å²) in [5, 5.41) is 14.8. The van der Waals surface area contributed by atoms with Gasteiger partial charge in [-0.3, -0.25) is 14.6 Å². The molecule has 0 radical (unpaired) electrons. The molecule has 7 heteroatoms. The van der Waals surface area contributed by atoms with E-state index in [-0.39, 0.29) is 24.9 Å². The third-order valence-corrected chi connectivity index (χ3v) is 4.37. The monoisotopic (exact) mass is 400 g/mol. The first kappa shape index (κ1) is 20.6. The molecule has 0 fully saturated rings. The van der Waals surface area contributed by atoms with Gasteiger partial charge in [-0.15, -0.1) is 0 Å². The number of pyridine rings is 1. The lowest BCUT2D eigenvalue weighted by Gasteiger charge is -2.09. The SMILES string of the molecule is COc1ccc(C(=O)NCCNC(=O)c2cccc(-c3ncccc3C#N)c2)cc1. The summed E-state index contributed by atoms with van der Waals surface area (Å²) in [6.07, 6.45) is 1.61. The van der Waals surface area contributed by atoms with Gasteiger partial charge in [0.15, 0.2) is 0 Å². The molecule has 0 atom stereocenters. The molecular formula is C23H20N4O3. The highest BCUT2D eigenvalue weighted by Gasteiger charge is 2.11. The Morgan fingerprint density at radius 1 is 0.967 bits per heavy atom. The summed E-state index contributed by atoms with van der Waals surface area (Å²) in [6, 6.07) is 19.2. The molecule has 2 amide bonds. The smallest absolute Gasteiger partial charge is 0.251 e. The van der Waals surface area contributed by atoms with E-state index in [4.69, 9.17) is 4.74 Å². The van der Waals surface area contributed by atoms with E-state index < -0.39 is 0 Å². The quantitative estimate of drug-likeness (QED) is 0.594. The summed E-state index contributed by atoms with van der Waals surface area (Å²) in [5.41, 5.74) is 2.62. The van der Waals surface area contributed by atoms with Crippen molar-refractivity contribution >= 4 is 11.8 Å². The fourth-order valence-corrected chi connectivity index (χ4v) is 2.83. The number of ether oxygens (including phenoxy) is 1. The highest BCUT2D eigenvalue weighted by Crippen LogP contribution is 2.21. The van der Waals surface area contributed by atoms with Crippen LogP contribution in [0.2, 0.25) is 0 Å². The van der Waals surface area contributed by atoms with Crippen molar-refractivity contribution in [1.82, 2.24) is 15.6 Å². The number of methoxy groups -OCH3 is 1. The van der Waals surface area contributed by atoms with E-state index >= 15 is 0 Å². The molecule has 0 aliphatic rings. The molecule has 0 aliphatic carbocycles. The number of amides is 2. The molecule has 150 valence electrons. The lowest BCUT2D eigenvalue weighted by Crippen LogP contribution is -2.34. The number of carbonyl (C=O) groups excluding carboxylic acids is 2. The van der Waals surface area contributed by atoms with Crippen molar-refractivity contribution in [2.24, 2.45) is 0 Å². The summed E-state index contributed by atoms with van der Waals surface area (Å²) in [4.78, 5) is 28.8. The molecule has 0 saturated carbocycles. The Hall–Kier alpha value is -4.18. The molecule has 3 aromatic rings. The summed E-state index contributed by atoms with van der Waals surface area (Å²) in [7, 11) is 1.56. The van der Waals surface area contributed by atoms with Gasteiger partial charge in [0.2, 0.25) is 0 Å². The van der Waals surface area contributed by atoms with E-state index in [2.05, 4.69) is 21.7 Å². The first-order chi connectivity index (χ1) is 14.6. The van der Waals surface area contributed by atoms with Crippen LogP contribution in [0.5, 0.6) is 5.75 Å². The fourth-order valence-electron chi connectivity index (χ4n) is 2.83. The van der Waals surface area contributed by atoms with Crippen LogP contribution in [0.3, 0.4) is 0 Å². The molecule has 1 heterocycles. The second-order valence-corrected chi connectivity index (χ2v) is 6.33. The summed E-state index contributed by atoms with van der Waals surface area (Å²) in [6.45, 7) is 0.563. The van der Waals surface area contributed by atoms with E-state index in [1.807, 2.05) is 0 Å². The third-order valence-electron chi connectivity index (χ3n) is 4.37. The van der Waals surface area contributed by atoms with E-state index in [1.54, 1.807) is 74.0 Å². The Morgan fingerprint density at radius 2 is 1.67 bits per heavy atom. The van der Waals surface area contributed by atoms with Crippen molar-refractivity contribution in [3.05, 3.63) is 83.6 Å². The zero-order chi connectivity index (χ0) is 21.3. The van der Waals surface area contributed by atoms with Crippen LogP contribution in [0.4, 0.5) is 0 Å². The number of nitriles is 1. The van der Waals surface area contributed by atoms with Crippen molar-refractivity contribution in [3.63, 3.8) is 0 Å².